The van der Waals surface area contributed by atoms with E-state index in [1.807, 2.05) is 0 Å². The third-order valence-corrected chi connectivity index (χ3v) is 4.27. The Labute approximate surface area is 113 Å². The lowest BCUT2D eigenvalue weighted by Crippen LogP contribution is -2.41. The third-order valence-electron chi connectivity index (χ3n) is 2.84. The van der Waals surface area contributed by atoms with E-state index < -0.39 is 10.0 Å². The molecule has 1 unspecified atom stereocenters. The van der Waals surface area contributed by atoms with Gasteiger partial charge in [-0.05, 0) is 31.3 Å². The molecule has 1 aromatic carbocycles. The van der Waals surface area contributed by atoms with Crippen molar-refractivity contribution >= 4 is 10.0 Å². The lowest BCUT2D eigenvalue weighted by Gasteiger charge is -2.23. The molecule has 19 heavy (non-hydrogen) atoms. The average molecular weight is 286 g/mol. The zero-order valence-corrected chi connectivity index (χ0v) is 11.6. The van der Waals surface area contributed by atoms with Crippen molar-refractivity contribution < 1.29 is 17.9 Å². The Morgan fingerprint density at radius 1 is 1.42 bits per heavy atom. The van der Waals surface area contributed by atoms with E-state index >= 15 is 0 Å². The van der Waals surface area contributed by atoms with Crippen molar-refractivity contribution in [2.45, 2.75) is 11.0 Å². The van der Waals surface area contributed by atoms with Crippen molar-refractivity contribution in [3.8, 4) is 5.75 Å². The van der Waals surface area contributed by atoms with E-state index in [-0.39, 0.29) is 11.0 Å². The number of ether oxygens (including phenoxy) is 2. The molecule has 1 saturated heterocycles. The second-order valence-corrected chi connectivity index (χ2v) is 6.07. The fraction of sp³-hybridized carbons (Fsp3) is 0.500. The zero-order chi connectivity index (χ0) is 13.7. The number of morpholine rings is 1. The van der Waals surface area contributed by atoms with Crippen molar-refractivity contribution in [1.82, 2.24) is 10.0 Å². The van der Waals surface area contributed by atoms with Crippen LogP contribution in [0.1, 0.15) is 0 Å². The summed E-state index contributed by atoms with van der Waals surface area (Å²) >= 11 is 0. The maximum atomic E-state index is 11.5. The fourth-order valence-corrected chi connectivity index (χ4v) is 2.48. The molecular weight excluding hydrogens is 268 g/mol. The summed E-state index contributed by atoms with van der Waals surface area (Å²) in [4.78, 5) is 0.220. The summed E-state index contributed by atoms with van der Waals surface area (Å²) in [6.45, 7) is 2.78. The number of hydrogen-bond acceptors (Lipinski definition) is 5. The van der Waals surface area contributed by atoms with Gasteiger partial charge in [0, 0.05) is 13.1 Å². The normalized spacial score (nSPS) is 20.2. The number of hydrogen-bond donors (Lipinski definition) is 2. The molecule has 7 heteroatoms. The van der Waals surface area contributed by atoms with E-state index in [2.05, 4.69) is 10.0 Å². The minimum atomic E-state index is -3.39. The maximum Gasteiger partial charge on any atom is 0.240 e. The Hall–Kier alpha value is -1.15. The van der Waals surface area contributed by atoms with E-state index in [9.17, 15) is 8.42 Å². The van der Waals surface area contributed by atoms with Gasteiger partial charge in [0.15, 0.2) is 0 Å². The van der Waals surface area contributed by atoms with Crippen LogP contribution in [0.4, 0.5) is 0 Å². The minimum Gasteiger partial charge on any atom is -0.491 e. The van der Waals surface area contributed by atoms with Gasteiger partial charge in [-0.1, -0.05) is 0 Å². The molecule has 1 aromatic rings. The van der Waals surface area contributed by atoms with Gasteiger partial charge in [-0.3, -0.25) is 0 Å². The Bertz CT molecular complexity index is 495. The summed E-state index contributed by atoms with van der Waals surface area (Å²) in [5.41, 5.74) is 0. The van der Waals surface area contributed by atoms with Crippen molar-refractivity contribution in [3.63, 3.8) is 0 Å². The largest absolute Gasteiger partial charge is 0.491 e. The Kier molecular flexibility index (Phi) is 4.76. The van der Waals surface area contributed by atoms with Crippen LogP contribution in [0, 0.1) is 0 Å². The highest BCUT2D eigenvalue weighted by Gasteiger charge is 2.14. The van der Waals surface area contributed by atoms with Crippen LogP contribution in [0.2, 0.25) is 0 Å². The topological polar surface area (TPSA) is 76.7 Å². The van der Waals surface area contributed by atoms with Crippen LogP contribution in [0.5, 0.6) is 5.75 Å². The molecule has 2 rings (SSSR count). The van der Waals surface area contributed by atoms with Crippen molar-refractivity contribution in [1.29, 1.82) is 0 Å². The first-order chi connectivity index (χ1) is 9.12. The number of sulfonamides is 1. The first-order valence-corrected chi connectivity index (χ1v) is 7.59. The van der Waals surface area contributed by atoms with Gasteiger partial charge in [-0.25, -0.2) is 13.1 Å². The molecule has 0 radical (unpaired) electrons. The first-order valence-electron chi connectivity index (χ1n) is 6.10. The molecule has 1 aliphatic rings. The standard InChI is InChI=1S/C12H18N2O4S/c1-13-19(15,16)12-4-2-10(3-5-12)18-9-11-8-14-6-7-17-11/h2-5,11,13-14H,6-9H2,1H3. The van der Waals surface area contributed by atoms with Gasteiger partial charge < -0.3 is 14.8 Å². The summed E-state index contributed by atoms with van der Waals surface area (Å²) in [5.74, 6) is 0.629. The number of nitrogens with one attached hydrogen (secondary N) is 2. The van der Waals surface area contributed by atoms with Crippen molar-refractivity contribution in [2.24, 2.45) is 0 Å². The monoisotopic (exact) mass is 286 g/mol. The first kappa shape index (κ1) is 14.3. The maximum absolute atomic E-state index is 11.5. The molecular formula is C12H18N2O4S. The number of rotatable bonds is 5. The molecule has 0 spiro atoms. The molecule has 0 aliphatic carbocycles. The fourth-order valence-electron chi connectivity index (χ4n) is 1.75. The van der Waals surface area contributed by atoms with Gasteiger partial charge in [0.2, 0.25) is 10.0 Å². The van der Waals surface area contributed by atoms with Gasteiger partial charge in [-0.15, -0.1) is 0 Å². The number of benzene rings is 1. The van der Waals surface area contributed by atoms with Gasteiger partial charge in [0.05, 0.1) is 11.5 Å². The van der Waals surface area contributed by atoms with Crippen LogP contribution in [0.15, 0.2) is 29.2 Å². The highest BCUT2D eigenvalue weighted by Crippen LogP contribution is 2.16. The summed E-state index contributed by atoms with van der Waals surface area (Å²) in [6.07, 6.45) is 0.0365. The van der Waals surface area contributed by atoms with Crippen LogP contribution in [-0.4, -0.2) is 47.9 Å². The third kappa shape index (κ3) is 3.90. The molecule has 106 valence electrons. The molecule has 1 aliphatic heterocycles. The van der Waals surface area contributed by atoms with E-state index in [1.54, 1.807) is 12.1 Å². The Morgan fingerprint density at radius 2 is 2.16 bits per heavy atom. The van der Waals surface area contributed by atoms with Crippen molar-refractivity contribution in [3.05, 3.63) is 24.3 Å². The van der Waals surface area contributed by atoms with Gasteiger partial charge >= 0.3 is 0 Å². The smallest absolute Gasteiger partial charge is 0.240 e. The van der Waals surface area contributed by atoms with E-state index in [1.165, 1.54) is 19.2 Å². The van der Waals surface area contributed by atoms with Gasteiger partial charge in [0.25, 0.3) is 0 Å². The lowest BCUT2D eigenvalue weighted by atomic mass is 10.3. The van der Waals surface area contributed by atoms with Crippen LogP contribution < -0.4 is 14.8 Å². The van der Waals surface area contributed by atoms with E-state index in [0.29, 0.717) is 19.0 Å². The van der Waals surface area contributed by atoms with Crippen molar-refractivity contribution in [2.75, 3.05) is 33.4 Å². The van der Waals surface area contributed by atoms with E-state index in [0.717, 1.165) is 13.1 Å². The predicted octanol–water partition coefficient (Wildman–Crippen LogP) is -0.0381. The second-order valence-electron chi connectivity index (χ2n) is 4.19. The molecule has 6 nitrogen and oxygen atoms in total. The van der Waals surface area contributed by atoms with Gasteiger partial charge in [-0.2, -0.15) is 0 Å². The quantitative estimate of drug-likeness (QED) is 0.794. The van der Waals surface area contributed by atoms with E-state index in [4.69, 9.17) is 9.47 Å². The molecule has 1 heterocycles. The molecule has 0 bridgehead atoms. The molecule has 0 saturated carbocycles. The van der Waals surface area contributed by atoms with Crippen LogP contribution in [0.3, 0.4) is 0 Å². The molecule has 1 atom stereocenters. The SMILES string of the molecule is CNS(=O)(=O)c1ccc(OCC2CNCCO2)cc1. The predicted molar refractivity (Wildman–Crippen MR) is 70.8 cm³/mol. The summed E-state index contributed by atoms with van der Waals surface area (Å²) in [6, 6.07) is 6.31. The Morgan fingerprint density at radius 3 is 2.74 bits per heavy atom. The van der Waals surface area contributed by atoms with Crippen LogP contribution in [-0.2, 0) is 14.8 Å². The van der Waals surface area contributed by atoms with Crippen LogP contribution >= 0.6 is 0 Å². The minimum absolute atomic E-state index is 0.0365. The zero-order valence-electron chi connectivity index (χ0n) is 10.8. The molecule has 0 aromatic heterocycles. The Balaban J connectivity index is 1.91. The highest BCUT2D eigenvalue weighted by molar-refractivity contribution is 7.89. The molecule has 0 amide bonds. The lowest BCUT2D eigenvalue weighted by molar-refractivity contribution is 0.000185. The summed E-state index contributed by atoms with van der Waals surface area (Å²) < 4.78 is 36.4. The van der Waals surface area contributed by atoms with Crippen LogP contribution in [0.25, 0.3) is 0 Å². The highest BCUT2D eigenvalue weighted by atomic mass is 32.2. The summed E-state index contributed by atoms with van der Waals surface area (Å²) in [5, 5.41) is 3.22. The summed E-state index contributed by atoms with van der Waals surface area (Å²) in [7, 11) is -2.01. The molecule has 2 N–H and O–H groups in total. The second kappa shape index (κ2) is 6.33. The average Bonchev–Trinajstić information content (AvgIpc) is 2.47. The van der Waals surface area contributed by atoms with Gasteiger partial charge in [0.1, 0.15) is 18.5 Å². The molecule has 1 fully saturated rings.